The van der Waals surface area contributed by atoms with Crippen LogP contribution in [0.2, 0.25) is 0 Å². The number of carbonyl (C=O) groups is 2. The van der Waals surface area contributed by atoms with Crippen LogP contribution in [-0.4, -0.2) is 34.2 Å². The molecule has 0 radical (unpaired) electrons. The van der Waals surface area contributed by atoms with Gasteiger partial charge in [0.1, 0.15) is 12.6 Å². The molecular weight excluding hydrogens is 232 g/mol. The molecule has 1 aliphatic heterocycles. The maximum Gasteiger partial charge on any atom is 0.251 e. The molecule has 6 heteroatoms. The zero-order valence-corrected chi connectivity index (χ0v) is 10.9. The van der Waals surface area contributed by atoms with E-state index in [4.69, 9.17) is 0 Å². The number of rotatable bonds is 3. The van der Waals surface area contributed by atoms with Gasteiger partial charge in [-0.2, -0.15) is 5.10 Å². The Morgan fingerprint density at radius 3 is 2.78 bits per heavy atom. The molecular formula is C12H18N4O2. The molecule has 2 amide bonds. The van der Waals surface area contributed by atoms with Gasteiger partial charge in [-0.05, 0) is 12.8 Å². The fourth-order valence-corrected chi connectivity index (χ4v) is 1.99. The van der Waals surface area contributed by atoms with Crippen LogP contribution in [0.15, 0.2) is 12.3 Å². The molecule has 0 aromatic carbocycles. The molecule has 2 rings (SSSR count). The van der Waals surface area contributed by atoms with Gasteiger partial charge in [-0.15, -0.1) is 0 Å². The lowest BCUT2D eigenvalue weighted by atomic mass is 10.0. The van der Waals surface area contributed by atoms with Crippen molar-refractivity contribution < 1.29 is 9.59 Å². The van der Waals surface area contributed by atoms with E-state index in [1.54, 1.807) is 16.9 Å². The molecule has 0 spiro atoms. The van der Waals surface area contributed by atoms with Crippen molar-refractivity contribution in [3.8, 4) is 0 Å². The third kappa shape index (κ3) is 2.23. The summed E-state index contributed by atoms with van der Waals surface area (Å²) in [4.78, 5) is 25.4. The van der Waals surface area contributed by atoms with Gasteiger partial charge in [-0.3, -0.25) is 19.2 Å². The fraction of sp³-hybridized carbons (Fsp3) is 0.583. The number of anilines is 1. The van der Waals surface area contributed by atoms with Gasteiger partial charge in [-0.25, -0.2) is 0 Å². The standard InChI is InChI=1S/C12H18N4O2/c1-4-15-6-5-9(14-15)16-7-10(17)13-11(8(2)3)12(16)18/h5-6,8,11H,4,7H2,1-3H3,(H,13,17). The minimum Gasteiger partial charge on any atom is -0.342 e. The normalized spacial score (nSPS) is 20.4. The van der Waals surface area contributed by atoms with Gasteiger partial charge >= 0.3 is 0 Å². The molecule has 2 heterocycles. The van der Waals surface area contributed by atoms with Crippen molar-refractivity contribution in [2.24, 2.45) is 5.92 Å². The summed E-state index contributed by atoms with van der Waals surface area (Å²) in [5.74, 6) is 0.380. The van der Waals surface area contributed by atoms with Crippen LogP contribution in [0.5, 0.6) is 0 Å². The quantitative estimate of drug-likeness (QED) is 0.844. The maximum absolute atomic E-state index is 12.3. The highest BCUT2D eigenvalue weighted by Gasteiger charge is 2.36. The monoisotopic (exact) mass is 250 g/mol. The number of hydrogen-bond acceptors (Lipinski definition) is 3. The zero-order valence-electron chi connectivity index (χ0n) is 10.9. The predicted molar refractivity (Wildman–Crippen MR) is 67.0 cm³/mol. The van der Waals surface area contributed by atoms with Gasteiger partial charge in [0.05, 0.1) is 0 Å². The van der Waals surface area contributed by atoms with Gasteiger partial charge in [-0.1, -0.05) is 13.8 Å². The number of aromatic nitrogens is 2. The summed E-state index contributed by atoms with van der Waals surface area (Å²) in [5.41, 5.74) is 0. The summed E-state index contributed by atoms with van der Waals surface area (Å²) in [6.45, 7) is 6.58. The zero-order chi connectivity index (χ0) is 13.3. The lowest BCUT2D eigenvalue weighted by molar-refractivity contribution is -0.132. The van der Waals surface area contributed by atoms with E-state index < -0.39 is 6.04 Å². The number of nitrogens with one attached hydrogen (secondary N) is 1. The highest BCUT2D eigenvalue weighted by atomic mass is 16.2. The lowest BCUT2D eigenvalue weighted by Gasteiger charge is -2.33. The lowest BCUT2D eigenvalue weighted by Crippen LogP contribution is -2.60. The molecule has 1 N–H and O–H groups in total. The number of piperazine rings is 1. The average Bonchev–Trinajstić information content (AvgIpc) is 2.79. The molecule has 1 aliphatic rings. The maximum atomic E-state index is 12.3. The highest BCUT2D eigenvalue weighted by Crippen LogP contribution is 2.17. The first-order valence-corrected chi connectivity index (χ1v) is 6.17. The van der Waals surface area contributed by atoms with Gasteiger partial charge in [0.15, 0.2) is 5.82 Å². The van der Waals surface area contributed by atoms with E-state index in [9.17, 15) is 9.59 Å². The van der Waals surface area contributed by atoms with E-state index in [0.29, 0.717) is 5.82 Å². The summed E-state index contributed by atoms with van der Waals surface area (Å²) >= 11 is 0. The summed E-state index contributed by atoms with van der Waals surface area (Å²) in [6.07, 6.45) is 1.81. The minimum absolute atomic E-state index is 0.0444. The second-order valence-electron chi connectivity index (χ2n) is 4.74. The summed E-state index contributed by atoms with van der Waals surface area (Å²) in [7, 11) is 0. The molecule has 1 aromatic heterocycles. The second kappa shape index (κ2) is 4.80. The molecule has 18 heavy (non-hydrogen) atoms. The van der Waals surface area contributed by atoms with Crippen LogP contribution in [-0.2, 0) is 16.1 Å². The number of nitrogens with zero attached hydrogens (tertiary/aromatic N) is 3. The number of amides is 2. The fourth-order valence-electron chi connectivity index (χ4n) is 1.99. The number of hydrogen-bond donors (Lipinski definition) is 1. The Morgan fingerprint density at radius 1 is 1.50 bits per heavy atom. The van der Waals surface area contributed by atoms with E-state index in [-0.39, 0.29) is 24.3 Å². The van der Waals surface area contributed by atoms with Crippen LogP contribution < -0.4 is 10.2 Å². The molecule has 1 fully saturated rings. The summed E-state index contributed by atoms with van der Waals surface area (Å²) in [6, 6.07) is 1.30. The van der Waals surface area contributed by atoms with Crippen molar-refractivity contribution in [2.75, 3.05) is 11.4 Å². The number of aryl methyl sites for hydroxylation is 1. The van der Waals surface area contributed by atoms with Gasteiger partial charge in [0.2, 0.25) is 5.91 Å². The topological polar surface area (TPSA) is 67.2 Å². The van der Waals surface area contributed by atoms with E-state index in [2.05, 4.69) is 10.4 Å². The first kappa shape index (κ1) is 12.6. The Balaban J connectivity index is 2.25. The Labute approximate surface area is 106 Å². The summed E-state index contributed by atoms with van der Waals surface area (Å²) < 4.78 is 1.74. The first-order chi connectivity index (χ1) is 8.52. The third-order valence-corrected chi connectivity index (χ3v) is 3.04. The molecule has 0 saturated carbocycles. The van der Waals surface area contributed by atoms with E-state index in [0.717, 1.165) is 6.54 Å². The molecule has 1 atom stereocenters. The van der Waals surface area contributed by atoms with Gasteiger partial charge in [0.25, 0.3) is 5.91 Å². The van der Waals surface area contributed by atoms with Crippen LogP contribution >= 0.6 is 0 Å². The van der Waals surface area contributed by atoms with Crippen molar-refractivity contribution in [3.05, 3.63) is 12.3 Å². The molecule has 1 aromatic rings. The largest absolute Gasteiger partial charge is 0.342 e. The molecule has 0 bridgehead atoms. The molecule has 1 saturated heterocycles. The number of carbonyl (C=O) groups excluding carboxylic acids is 2. The van der Waals surface area contributed by atoms with Crippen LogP contribution in [0.4, 0.5) is 5.82 Å². The van der Waals surface area contributed by atoms with Gasteiger partial charge < -0.3 is 5.32 Å². The molecule has 6 nitrogen and oxygen atoms in total. The van der Waals surface area contributed by atoms with Crippen LogP contribution in [0.3, 0.4) is 0 Å². The van der Waals surface area contributed by atoms with Crippen molar-refractivity contribution >= 4 is 17.6 Å². The molecule has 98 valence electrons. The van der Waals surface area contributed by atoms with Crippen molar-refractivity contribution in [3.63, 3.8) is 0 Å². The predicted octanol–water partition coefficient (Wildman–Crippen LogP) is 0.390. The molecule has 0 aliphatic carbocycles. The Kier molecular flexibility index (Phi) is 3.36. The Bertz CT molecular complexity index is 466. The first-order valence-electron chi connectivity index (χ1n) is 6.17. The molecule has 1 unspecified atom stereocenters. The van der Waals surface area contributed by atoms with Crippen molar-refractivity contribution in [2.45, 2.75) is 33.4 Å². The Morgan fingerprint density at radius 2 is 2.22 bits per heavy atom. The van der Waals surface area contributed by atoms with E-state index in [1.807, 2.05) is 20.8 Å². The van der Waals surface area contributed by atoms with Crippen LogP contribution in [0, 0.1) is 5.92 Å². The third-order valence-electron chi connectivity index (χ3n) is 3.04. The highest BCUT2D eigenvalue weighted by molar-refractivity contribution is 6.06. The van der Waals surface area contributed by atoms with Crippen LogP contribution in [0.25, 0.3) is 0 Å². The van der Waals surface area contributed by atoms with Crippen molar-refractivity contribution in [1.82, 2.24) is 15.1 Å². The van der Waals surface area contributed by atoms with Crippen molar-refractivity contribution in [1.29, 1.82) is 0 Å². The SMILES string of the molecule is CCn1ccc(N2CC(=O)NC(C(C)C)C2=O)n1. The Hall–Kier alpha value is -1.85. The van der Waals surface area contributed by atoms with Crippen LogP contribution in [0.1, 0.15) is 20.8 Å². The minimum atomic E-state index is -0.460. The smallest absolute Gasteiger partial charge is 0.251 e. The van der Waals surface area contributed by atoms with Gasteiger partial charge in [0, 0.05) is 18.8 Å². The van der Waals surface area contributed by atoms with E-state index >= 15 is 0 Å². The average molecular weight is 250 g/mol. The van der Waals surface area contributed by atoms with E-state index in [1.165, 1.54) is 4.90 Å². The second-order valence-corrected chi connectivity index (χ2v) is 4.74. The summed E-state index contributed by atoms with van der Waals surface area (Å²) in [5, 5.41) is 6.99.